The minimum atomic E-state index is -0.353. The zero-order valence-electron chi connectivity index (χ0n) is 13.8. The number of carbonyl (C=O) groups excluding carboxylic acids is 1. The first-order valence-electron chi connectivity index (χ1n) is 7.76. The van der Waals surface area contributed by atoms with E-state index in [0.29, 0.717) is 24.0 Å². The number of nitrogens with zero attached hydrogens (tertiary/aromatic N) is 1. The van der Waals surface area contributed by atoms with E-state index in [1.165, 1.54) is 0 Å². The zero-order valence-corrected chi connectivity index (χ0v) is 14.6. The summed E-state index contributed by atoms with van der Waals surface area (Å²) in [5.74, 6) is 3.12. The maximum Gasteiger partial charge on any atom is 0.264 e. The monoisotopic (exact) mass is 323 g/mol. The molecule has 0 aliphatic carbocycles. The number of H-pyrrole nitrogens is 1. The second kappa shape index (κ2) is 6.86. The number of carbonyl (C=O) groups is 1. The van der Waals surface area contributed by atoms with Gasteiger partial charge in [-0.3, -0.25) is 9.59 Å². The molecule has 1 aromatic rings. The quantitative estimate of drug-likeness (QED) is 0.894. The first-order valence-corrected chi connectivity index (χ1v) is 8.92. The minimum Gasteiger partial charge on any atom is -0.352 e. The van der Waals surface area contributed by atoms with Gasteiger partial charge in [0.15, 0.2) is 0 Å². The smallest absolute Gasteiger partial charge is 0.264 e. The Balaban J connectivity index is 2.11. The van der Waals surface area contributed by atoms with Crippen LogP contribution in [0.25, 0.3) is 0 Å². The van der Waals surface area contributed by atoms with Crippen LogP contribution in [0.2, 0.25) is 0 Å². The Hall–Kier alpha value is -1.30. The van der Waals surface area contributed by atoms with Crippen molar-refractivity contribution in [3.8, 4) is 0 Å². The maximum absolute atomic E-state index is 12.3. The Labute approximate surface area is 135 Å². The van der Waals surface area contributed by atoms with E-state index in [4.69, 9.17) is 0 Å². The van der Waals surface area contributed by atoms with Gasteiger partial charge >= 0.3 is 0 Å². The third-order valence-electron chi connectivity index (χ3n) is 3.93. The summed E-state index contributed by atoms with van der Waals surface area (Å²) in [6, 6.07) is 0. The van der Waals surface area contributed by atoms with E-state index >= 15 is 0 Å². The third-order valence-corrected chi connectivity index (χ3v) is 4.98. The summed E-state index contributed by atoms with van der Waals surface area (Å²) in [6.45, 7) is 8.29. The van der Waals surface area contributed by atoms with Gasteiger partial charge in [-0.05, 0) is 37.2 Å². The highest BCUT2D eigenvalue weighted by atomic mass is 32.2. The fourth-order valence-electron chi connectivity index (χ4n) is 2.48. The van der Waals surface area contributed by atoms with Crippen LogP contribution >= 0.6 is 11.8 Å². The summed E-state index contributed by atoms with van der Waals surface area (Å²) in [6.07, 6.45) is 2.25. The van der Waals surface area contributed by atoms with Crippen molar-refractivity contribution < 1.29 is 4.79 Å². The fourth-order valence-corrected chi connectivity index (χ4v) is 3.69. The molecule has 2 N–H and O–H groups in total. The average Bonchev–Trinajstić information content (AvgIpc) is 2.44. The van der Waals surface area contributed by atoms with E-state index in [1.807, 2.05) is 32.5 Å². The molecule has 22 heavy (non-hydrogen) atoms. The molecule has 1 aliphatic heterocycles. The van der Waals surface area contributed by atoms with Crippen LogP contribution in [-0.4, -0.2) is 33.9 Å². The molecule has 1 amide bonds. The molecule has 2 rings (SSSR count). The first kappa shape index (κ1) is 17.1. The molecule has 2 heterocycles. The van der Waals surface area contributed by atoms with Gasteiger partial charge in [0.1, 0.15) is 11.4 Å². The Bertz CT molecular complexity index is 598. The molecule has 0 spiro atoms. The van der Waals surface area contributed by atoms with Crippen molar-refractivity contribution in [3.63, 3.8) is 0 Å². The lowest BCUT2D eigenvalue weighted by Crippen LogP contribution is -2.36. The summed E-state index contributed by atoms with van der Waals surface area (Å²) in [4.78, 5) is 31.7. The number of hydrogen-bond donors (Lipinski definition) is 2. The molecule has 1 fully saturated rings. The van der Waals surface area contributed by atoms with Crippen molar-refractivity contribution in [2.45, 2.75) is 46.0 Å². The predicted molar refractivity (Wildman–Crippen MR) is 90.7 cm³/mol. The molecule has 0 saturated carbocycles. The Morgan fingerprint density at radius 1 is 1.36 bits per heavy atom. The van der Waals surface area contributed by atoms with Gasteiger partial charge in [0.2, 0.25) is 0 Å². The largest absolute Gasteiger partial charge is 0.352 e. The Morgan fingerprint density at radius 3 is 2.55 bits per heavy atom. The van der Waals surface area contributed by atoms with Crippen LogP contribution < -0.4 is 10.9 Å². The summed E-state index contributed by atoms with van der Waals surface area (Å²) in [5.41, 5.74) is 0.0243. The molecule has 1 aromatic heterocycles. The third kappa shape index (κ3) is 4.12. The summed E-state index contributed by atoms with van der Waals surface area (Å²) < 4.78 is 0. The summed E-state index contributed by atoms with van der Waals surface area (Å²) in [5, 5.41) is 2.90. The van der Waals surface area contributed by atoms with Gasteiger partial charge in [-0.15, -0.1) is 0 Å². The van der Waals surface area contributed by atoms with Crippen molar-refractivity contribution in [2.24, 2.45) is 5.92 Å². The molecule has 6 heteroatoms. The van der Waals surface area contributed by atoms with Crippen LogP contribution in [0.5, 0.6) is 0 Å². The SMILES string of the molecule is Cc1nc(C(C)(C)C)[nH]c(=O)c1C(=O)NCC1CCSCC1. The number of thioether (sulfide) groups is 1. The Kier molecular flexibility index (Phi) is 5.32. The van der Waals surface area contributed by atoms with Crippen molar-refractivity contribution in [1.82, 2.24) is 15.3 Å². The second-order valence-corrected chi connectivity index (χ2v) is 8.12. The number of rotatable bonds is 3. The van der Waals surface area contributed by atoms with E-state index in [0.717, 1.165) is 24.3 Å². The lowest BCUT2D eigenvalue weighted by molar-refractivity contribution is 0.0943. The molecule has 5 nitrogen and oxygen atoms in total. The molecule has 0 aromatic carbocycles. The molecule has 0 atom stereocenters. The van der Waals surface area contributed by atoms with Crippen LogP contribution in [-0.2, 0) is 5.41 Å². The van der Waals surface area contributed by atoms with Gasteiger partial charge in [-0.2, -0.15) is 11.8 Å². The van der Waals surface area contributed by atoms with Crippen LogP contribution in [0.3, 0.4) is 0 Å². The fraction of sp³-hybridized carbons (Fsp3) is 0.688. The number of aromatic amines is 1. The normalized spacial score (nSPS) is 16.5. The molecule has 1 saturated heterocycles. The van der Waals surface area contributed by atoms with Gasteiger partial charge in [0.25, 0.3) is 11.5 Å². The maximum atomic E-state index is 12.3. The number of aromatic nitrogens is 2. The predicted octanol–water partition coefficient (Wildman–Crippen LogP) is 2.25. The number of hydrogen-bond acceptors (Lipinski definition) is 4. The summed E-state index contributed by atoms with van der Waals surface area (Å²) in [7, 11) is 0. The van der Waals surface area contributed by atoms with E-state index in [1.54, 1.807) is 6.92 Å². The molecule has 0 bridgehead atoms. The lowest BCUT2D eigenvalue weighted by Gasteiger charge is -2.22. The van der Waals surface area contributed by atoms with Crippen LogP contribution in [0, 0.1) is 12.8 Å². The molecular formula is C16H25N3O2S. The van der Waals surface area contributed by atoms with E-state index in [2.05, 4.69) is 15.3 Å². The number of nitrogens with one attached hydrogen (secondary N) is 2. The Morgan fingerprint density at radius 2 is 2.00 bits per heavy atom. The minimum absolute atomic E-state index is 0.137. The lowest BCUT2D eigenvalue weighted by atomic mass is 9.95. The van der Waals surface area contributed by atoms with Crippen molar-refractivity contribution >= 4 is 17.7 Å². The van der Waals surface area contributed by atoms with Gasteiger partial charge in [0, 0.05) is 12.0 Å². The highest BCUT2D eigenvalue weighted by Gasteiger charge is 2.23. The average molecular weight is 323 g/mol. The van der Waals surface area contributed by atoms with Crippen molar-refractivity contribution in [2.75, 3.05) is 18.1 Å². The van der Waals surface area contributed by atoms with E-state index in [9.17, 15) is 9.59 Å². The van der Waals surface area contributed by atoms with Gasteiger partial charge in [0.05, 0.1) is 5.69 Å². The standard InChI is InChI=1S/C16H25N3O2S/c1-10-12(14(21)19-15(18-10)16(2,3)4)13(20)17-9-11-5-7-22-8-6-11/h11H,5-9H2,1-4H3,(H,17,20)(H,18,19,21). The topological polar surface area (TPSA) is 74.8 Å². The molecule has 0 unspecified atom stereocenters. The zero-order chi connectivity index (χ0) is 16.3. The van der Waals surface area contributed by atoms with Crippen molar-refractivity contribution in [3.05, 3.63) is 27.4 Å². The number of amides is 1. The van der Waals surface area contributed by atoms with Gasteiger partial charge < -0.3 is 10.3 Å². The van der Waals surface area contributed by atoms with Crippen LogP contribution in [0.1, 0.15) is 55.5 Å². The molecule has 1 aliphatic rings. The number of aryl methyl sites for hydroxylation is 1. The molecular weight excluding hydrogens is 298 g/mol. The van der Waals surface area contributed by atoms with Crippen molar-refractivity contribution in [1.29, 1.82) is 0 Å². The first-order chi connectivity index (χ1) is 10.3. The highest BCUT2D eigenvalue weighted by Crippen LogP contribution is 2.22. The van der Waals surface area contributed by atoms with Crippen LogP contribution in [0.4, 0.5) is 0 Å². The second-order valence-electron chi connectivity index (χ2n) is 6.89. The van der Waals surface area contributed by atoms with Crippen LogP contribution in [0.15, 0.2) is 4.79 Å². The van der Waals surface area contributed by atoms with Gasteiger partial charge in [-0.25, -0.2) is 4.98 Å². The van der Waals surface area contributed by atoms with E-state index < -0.39 is 0 Å². The summed E-state index contributed by atoms with van der Waals surface area (Å²) >= 11 is 1.96. The molecule has 122 valence electrons. The highest BCUT2D eigenvalue weighted by molar-refractivity contribution is 7.99. The van der Waals surface area contributed by atoms with Gasteiger partial charge in [-0.1, -0.05) is 20.8 Å². The molecule has 0 radical (unpaired) electrons. The van der Waals surface area contributed by atoms with E-state index in [-0.39, 0.29) is 22.4 Å².